The maximum Gasteiger partial charge on any atom is 0.326 e. The standard InChI is InChI=1S/C19H24N6O6/c20-11(5-9-8-23-12-4-2-1-3-10(9)12)17(28)24-13(6-15(21)26)18(29)25-14(19(30)31)7-16(22)27/h1-4,8,11,13-14,23H,5-7,20H2,(H2,21,26)(H2,22,27)(H,24,28)(H,25,29)(H,30,31)/t11-,13-,14-/m0/s1. The number of carboxylic acid groups (broad SMARTS) is 1. The maximum atomic E-state index is 12.5. The van der Waals surface area contributed by atoms with Crippen LogP contribution in [-0.2, 0) is 30.4 Å². The van der Waals surface area contributed by atoms with Crippen LogP contribution in [0, 0.1) is 0 Å². The summed E-state index contributed by atoms with van der Waals surface area (Å²) < 4.78 is 0. The molecular formula is C19H24N6O6. The van der Waals surface area contributed by atoms with Crippen LogP contribution in [0.3, 0.4) is 0 Å². The zero-order valence-electron chi connectivity index (χ0n) is 16.5. The largest absolute Gasteiger partial charge is 0.480 e. The number of aromatic nitrogens is 1. The second-order valence-electron chi connectivity index (χ2n) is 6.97. The number of primary amides is 2. The Hall–Kier alpha value is -3.93. The molecule has 3 atom stereocenters. The maximum absolute atomic E-state index is 12.5. The van der Waals surface area contributed by atoms with Gasteiger partial charge >= 0.3 is 5.97 Å². The third-order valence-corrected chi connectivity index (χ3v) is 4.51. The van der Waals surface area contributed by atoms with Crippen LogP contribution < -0.4 is 27.8 Å². The third kappa shape index (κ3) is 6.54. The molecule has 0 aliphatic heterocycles. The van der Waals surface area contributed by atoms with E-state index in [9.17, 15) is 24.0 Å². The van der Waals surface area contributed by atoms with E-state index in [0.29, 0.717) is 0 Å². The Morgan fingerprint density at radius 3 is 2.13 bits per heavy atom. The van der Waals surface area contributed by atoms with Crippen molar-refractivity contribution < 1.29 is 29.1 Å². The Morgan fingerprint density at radius 2 is 1.52 bits per heavy atom. The highest BCUT2D eigenvalue weighted by atomic mass is 16.4. The number of aliphatic carboxylic acids is 1. The second kappa shape index (κ2) is 10.2. The first-order valence-electron chi connectivity index (χ1n) is 9.29. The van der Waals surface area contributed by atoms with Crippen LogP contribution in [0.5, 0.6) is 0 Å². The first kappa shape index (κ1) is 23.3. The van der Waals surface area contributed by atoms with E-state index in [2.05, 4.69) is 15.6 Å². The molecule has 2 rings (SSSR count). The van der Waals surface area contributed by atoms with Gasteiger partial charge in [0.1, 0.15) is 12.1 Å². The number of fused-ring (bicyclic) bond motifs is 1. The van der Waals surface area contributed by atoms with Gasteiger partial charge in [-0.2, -0.15) is 0 Å². The average molecular weight is 432 g/mol. The predicted molar refractivity (Wildman–Crippen MR) is 109 cm³/mol. The summed E-state index contributed by atoms with van der Waals surface area (Å²) in [6, 6.07) is 3.24. The minimum Gasteiger partial charge on any atom is -0.480 e. The molecule has 0 fully saturated rings. The van der Waals surface area contributed by atoms with E-state index in [1.165, 1.54) is 0 Å². The summed E-state index contributed by atoms with van der Waals surface area (Å²) in [7, 11) is 0. The molecular weight excluding hydrogens is 408 g/mol. The van der Waals surface area contributed by atoms with Gasteiger partial charge in [-0.15, -0.1) is 0 Å². The molecule has 0 saturated heterocycles. The molecule has 0 saturated carbocycles. The van der Waals surface area contributed by atoms with Crippen LogP contribution >= 0.6 is 0 Å². The van der Waals surface area contributed by atoms with Gasteiger partial charge < -0.3 is 37.9 Å². The van der Waals surface area contributed by atoms with Crippen LogP contribution in [0.4, 0.5) is 0 Å². The number of H-pyrrole nitrogens is 1. The van der Waals surface area contributed by atoms with E-state index in [1.54, 1.807) is 6.20 Å². The zero-order valence-corrected chi connectivity index (χ0v) is 16.5. The summed E-state index contributed by atoms with van der Waals surface area (Å²) in [6.45, 7) is 0. The molecule has 4 amide bonds. The number of carbonyl (C=O) groups is 5. The molecule has 0 aliphatic carbocycles. The van der Waals surface area contributed by atoms with Gasteiger partial charge in [0.05, 0.1) is 18.9 Å². The van der Waals surface area contributed by atoms with Crippen molar-refractivity contribution in [1.29, 1.82) is 0 Å². The lowest BCUT2D eigenvalue weighted by Crippen LogP contribution is -2.56. The van der Waals surface area contributed by atoms with Crippen molar-refractivity contribution in [1.82, 2.24) is 15.6 Å². The van der Waals surface area contributed by atoms with Crippen molar-refractivity contribution in [3.05, 3.63) is 36.0 Å². The summed E-state index contributed by atoms with van der Waals surface area (Å²) in [4.78, 5) is 61.6. The molecule has 0 radical (unpaired) electrons. The van der Waals surface area contributed by atoms with Crippen LogP contribution in [0.25, 0.3) is 10.9 Å². The fourth-order valence-electron chi connectivity index (χ4n) is 2.99. The van der Waals surface area contributed by atoms with Crippen molar-refractivity contribution in [2.75, 3.05) is 0 Å². The number of nitrogens with two attached hydrogens (primary N) is 3. The number of nitrogens with one attached hydrogen (secondary N) is 3. The highest BCUT2D eigenvalue weighted by Crippen LogP contribution is 2.18. The SMILES string of the molecule is NC(=O)C[C@H](NC(=O)[C@H](CC(N)=O)NC(=O)[C@@H](N)Cc1c[nH]c2ccccc12)C(=O)O. The molecule has 12 heteroatoms. The summed E-state index contributed by atoms with van der Waals surface area (Å²) in [5.74, 6) is -5.13. The molecule has 0 bridgehead atoms. The molecule has 1 heterocycles. The molecule has 2 aromatic rings. The molecule has 10 N–H and O–H groups in total. The highest BCUT2D eigenvalue weighted by molar-refractivity contribution is 5.95. The monoisotopic (exact) mass is 432 g/mol. The van der Waals surface area contributed by atoms with Crippen molar-refractivity contribution in [2.24, 2.45) is 17.2 Å². The van der Waals surface area contributed by atoms with E-state index >= 15 is 0 Å². The van der Waals surface area contributed by atoms with Gasteiger partial charge in [-0.25, -0.2) is 4.79 Å². The lowest BCUT2D eigenvalue weighted by molar-refractivity contribution is -0.143. The van der Waals surface area contributed by atoms with Gasteiger partial charge in [-0.3, -0.25) is 19.2 Å². The molecule has 0 aliphatic rings. The Balaban J connectivity index is 2.08. The number of amides is 4. The van der Waals surface area contributed by atoms with E-state index in [0.717, 1.165) is 16.5 Å². The zero-order chi connectivity index (χ0) is 23.1. The molecule has 12 nitrogen and oxygen atoms in total. The van der Waals surface area contributed by atoms with Gasteiger partial charge in [0.25, 0.3) is 0 Å². The van der Waals surface area contributed by atoms with Gasteiger partial charge in [0.15, 0.2) is 0 Å². The summed E-state index contributed by atoms with van der Waals surface area (Å²) in [5, 5.41) is 14.4. The van der Waals surface area contributed by atoms with E-state index < -0.39 is 60.6 Å². The van der Waals surface area contributed by atoms with Crippen LogP contribution in [0.1, 0.15) is 18.4 Å². The Morgan fingerprint density at radius 1 is 0.935 bits per heavy atom. The van der Waals surface area contributed by atoms with E-state index in [4.69, 9.17) is 22.3 Å². The molecule has 0 spiro atoms. The van der Waals surface area contributed by atoms with E-state index in [-0.39, 0.29) is 6.42 Å². The van der Waals surface area contributed by atoms with Gasteiger partial charge in [-0.1, -0.05) is 18.2 Å². The molecule has 31 heavy (non-hydrogen) atoms. The first-order valence-corrected chi connectivity index (χ1v) is 9.29. The van der Waals surface area contributed by atoms with Crippen molar-refractivity contribution in [2.45, 2.75) is 37.4 Å². The Kier molecular flexibility index (Phi) is 7.69. The fraction of sp³-hybridized carbons (Fsp3) is 0.316. The number of benzene rings is 1. The number of aromatic amines is 1. The lowest BCUT2D eigenvalue weighted by atomic mass is 10.0. The predicted octanol–water partition coefficient (Wildman–Crippen LogP) is -2.16. The minimum absolute atomic E-state index is 0.139. The number of carboxylic acids is 1. The lowest BCUT2D eigenvalue weighted by Gasteiger charge is -2.21. The number of hydrogen-bond acceptors (Lipinski definition) is 6. The minimum atomic E-state index is -1.63. The van der Waals surface area contributed by atoms with Crippen molar-refractivity contribution in [3.8, 4) is 0 Å². The molecule has 166 valence electrons. The average Bonchev–Trinajstić information content (AvgIpc) is 3.09. The van der Waals surface area contributed by atoms with Gasteiger partial charge in [0.2, 0.25) is 23.6 Å². The van der Waals surface area contributed by atoms with Crippen LogP contribution in [0.15, 0.2) is 30.5 Å². The second-order valence-corrected chi connectivity index (χ2v) is 6.97. The van der Waals surface area contributed by atoms with Gasteiger partial charge in [-0.05, 0) is 18.1 Å². The van der Waals surface area contributed by atoms with Gasteiger partial charge in [0, 0.05) is 17.1 Å². The molecule has 1 aromatic heterocycles. The van der Waals surface area contributed by atoms with Crippen LogP contribution in [0.2, 0.25) is 0 Å². The third-order valence-electron chi connectivity index (χ3n) is 4.51. The van der Waals surface area contributed by atoms with E-state index in [1.807, 2.05) is 24.3 Å². The number of para-hydroxylation sites is 1. The summed E-state index contributed by atoms with van der Waals surface area (Å²) >= 11 is 0. The summed E-state index contributed by atoms with van der Waals surface area (Å²) in [6.07, 6.45) is 0.589. The Labute approximate surface area is 176 Å². The fourth-order valence-corrected chi connectivity index (χ4v) is 2.99. The normalized spacial score (nSPS) is 13.7. The van der Waals surface area contributed by atoms with Crippen molar-refractivity contribution >= 4 is 40.5 Å². The smallest absolute Gasteiger partial charge is 0.326 e. The first-order chi connectivity index (χ1) is 14.6. The van der Waals surface area contributed by atoms with Crippen molar-refractivity contribution in [3.63, 3.8) is 0 Å². The quantitative estimate of drug-likeness (QED) is 0.208. The summed E-state index contributed by atoms with van der Waals surface area (Å²) in [5.41, 5.74) is 17.7. The molecule has 1 aromatic carbocycles. The topological polar surface area (TPSA) is 223 Å². The molecule has 0 unspecified atom stereocenters. The number of rotatable bonds is 11. The number of hydrogen-bond donors (Lipinski definition) is 7. The number of carbonyl (C=O) groups excluding carboxylic acids is 4. The van der Waals surface area contributed by atoms with Crippen LogP contribution in [-0.4, -0.2) is 57.8 Å². The highest BCUT2D eigenvalue weighted by Gasteiger charge is 2.30. The Bertz CT molecular complexity index is 1000.